The molecule has 0 bridgehead atoms. The fourth-order valence-electron chi connectivity index (χ4n) is 3.26. The summed E-state index contributed by atoms with van der Waals surface area (Å²) >= 11 is 0. The number of carbonyl (C=O) groups is 1. The molecule has 5 nitrogen and oxygen atoms in total. The fraction of sp³-hybridized carbons (Fsp3) is 0.650. The van der Waals surface area contributed by atoms with Crippen LogP contribution in [0, 0.1) is 11.8 Å². The lowest BCUT2D eigenvalue weighted by atomic mass is 9.97. The van der Waals surface area contributed by atoms with Gasteiger partial charge in [0, 0.05) is 38.5 Å². The van der Waals surface area contributed by atoms with E-state index >= 15 is 0 Å². The lowest BCUT2D eigenvalue weighted by Crippen LogP contribution is -2.34. The number of benzene rings is 1. The molecule has 1 fully saturated rings. The van der Waals surface area contributed by atoms with Gasteiger partial charge in [0.2, 0.25) is 5.91 Å². The zero-order valence-corrected chi connectivity index (χ0v) is 15.5. The van der Waals surface area contributed by atoms with Crippen LogP contribution in [0.25, 0.3) is 0 Å². The molecule has 1 aliphatic rings. The maximum atomic E-state index is 12.3. The van der Waals surface area contributed by atoms with E-state index in [9.17, 15) is 9.90 Å². The molecule has 0 saturated carbocycles. The van der Waals surface area contributed by atoms with Gasteiger partial charge in [-0.1, -0.05) is 19.1 Å². The van der Waals surface area contributed by atoms with Crippen molar-refractivity contribution in [1.29, 1.82) is 0 Å². The number of amides is 1. The van der Waals surface area contributed by atoms with Crippen molar-refractivity contribution in [2.24, 2.45) is 11.8 Å². The minimum Gasteiger partial charge on any atom is -0.396 e. The Morgan fingerprint density at radius 3 is 2.84 bits per heavy atom. The second-order valence-electron chi connectivity index (χ2n) is 7.13. The van der Waals surface area contributed by atoms with E-state index in [1.807, 2.05) is 19.1 Å². The largest absolute Gasteiger partial charge is 0.396 e. The van der Waals surface area contributed by atoms with Crippen molar-refractivity contribution < 1.29 is 14.6 Å². The first-order valence-corrected chi connectivity index (χ1v) is 9.34. The van der Waals surface area contributed by atoms with Crippen molar-refractivity contribution in [3.05, 3.63) is 29.8 Å². The number of nitrogens with zero attached hydrogens (tertiary/aromatic N) is 1. The van der Waals surface area contributed by atoms with Crippen LogP contribution < -0.4 is 5.32 Å². The van der Waals surface area contributed by atoms with Gasteiger partial charge in [-0.15, -0.1) is 0 Å². The quantitative estimate of drug-likeness (QED) is 0.674. The molecule has 1 atom stereocenters. The summed E-state index contributed by atoms with van der Waals surface area (Å²) in [6.07, 6.45) is 3.85. The first-order valence-electron chi connectivity index (χ1n) is 9.34. The number of anilines is 1. The Kier molecular flexibility index (Phi) is 8.38. The highest BCUT2D eigenvalue weighted by atomic mass is 16.5. The van der Waals surface area contributed by atoms with Crippen molar-refractivity contribution in [1.82, 2.24) is 4.90 Å². The van der Waals surface area contributed by atoms with Crippen LogP contribution in [0.4, 0.5) is 5.69 Å². The first-order chi connectivity index (χ1) is 12.1. The Labute approximate surface area is 151 Å². The smallest absolute Gasteiger partial charge is 0.227 e. The van der Waals surface area contributed by atoms with Crippen molar-refractivity contribution in [2.75, 3.05) is 38.7 Å². The predicted octanol–water partition coefficient (Wildman–Crippen LogP) is 2.89. The van der Waals surface area contributed by atoms with Gasteiger partial charge in [-0.25, -0.2) is 0 Å². The summed E-state index contributed by atoms with van der Waals surface area (Å²) in [6.45, 7) is 5.90. The van der Waals surface area contributed by atoms with Gasteiger partial charge < -0.3 is 15.2 Å². The molecule has 5 heteroatoms. The average Bonchev–Trinajstić information content (AvgIpc) is 2.62. The zero-order valence-electron chi connectivity index (χ0n) is 15.5. The van der Waals surface area contributed by atoms with Gasteiger partial charge in [0.25, 0.3) is 0 Å². The lowest BCUT2D eigenvalue weighted by Gasteiger charge is -2.31. The lowest BCUT2D eigenvalue weighted by molar-refractivity contribution is -0.119. The molecule has 1 heterocycles. The van der Waals surface area contributed by atoms with E-state index in [1.165, 1.54) is 5.56 Å². The topological polar surface area (TPSA) is 61.8 Å². The van der Waals surface area contributed by atoms with Crippen LogP contribution in [0.3, 0.4) is 0 Å². The first kappa shape index (κ1) is 19.9. The Hall–Kier alpha value is -1.43. The number of hydrogen-bond acceptors (Lipinski definition) is 4. The van der Waals surface area contributed by atoms with Crippen LogP contribution in [0.5, 0.6) is 0 Å². The number of methoxy groups -OCH3 is 1. The number of nitrogens with one attached hydrogen (secondary N) is 1. The third kappa shape index (κ3) is 6.77. The fourth-order valence-corrected chi connectivity index (χ4v) is 3.26. The summed E-state index contributed by atoms with van der Waals surface area (Å²) in [5.41, 5.74) is 2.08. The van der Waals surface area contributed by atoms with E-state index in [0.717, 1.165) is 51.0 Å². The third-order valence-electron chi connectivity index (χ3n) is 5.00. The van der Waals surface area contributed by atoms with Crippen LogP contribution in [0.1, 0.15) is 38.2 Å². The molecular formula is C20H32N2O3. The maximum absolute atomic E-state index is 12.3. The van der Waals surface area contributed by atoms with E-state index in [2.05, 4.69) is 22.3 Å². The Balaban J connectivity index is 1.83. The Bertz CT molecular complexity index is 527. The summed E-state index contributed by atoms with van der Waals surface area (Å²) in [5.74, 6) is 0.509. The minimum atomic E-state index is -0.0173. The molecule has 1 aromatic rings. The van der Waals surface area contributed by atoms with Crippen LogP contribution >= 0.6 is 0 Å². The molecule has 2 N–H and O–H groups in total. The number of ether oxygens (including phenoxy) is 1. The number of carbonyl (C=O) groups excluding carboxylic acids is 1. The number of aliphatic hydroxyl groups excluding tert-OH is 1. The van der Waals surface area contributed by atoms with Gasteiger partial charge in [-0.2, -0.15) is 0 Å². The van der Waals surface area contributed by atoms with E-state index in [-0.39, 0.29) is 11.8 Å². The average molecular weight is 348 g/mol. The summed E-state index contributed by atoms with van der Waals surface area (Å²) < 4.78 is 5.04. The number of rotatable bonds is 9. The van der Waals surface area contributed by atoms with E-state index in [1.54, 1.807) is 7.11 Å². The molecule has 1 aromatic carbocycles. The van der Waals surface area contributed by atoms with Gasteiger partial charge >= 0.3 is 0 Å². The molecule has 1 amide bonds. The molecule has 0 spiro atoms. The summed E-state index contributed by atoms with van der Waals surface area (Å²) in [4.78, 5) is 14.7. The zero-order chi connectivity index (χ0) is 18.1. The molecule has 0 aliphatic carbocycles. The van der Waals surface area contributed by atoms with Crippen molar-refractivity contribution in [3.63, 3.8) is 0 Å². The minimum absolute atomic E-state index is 0.0173. The summed E-state index contributed by atoms with van der Waals surface area (Å²) in [6, 6.07) is 8.12. The van der Waals surface area contributed by atoms with Gasteiger partial charge in [-0.05, 0) is 62.4 Å². The van der Waals surface area contributed by atoms with Crippen LogP contribution in [0.15, 0.2) is 24.3 Å². The number of likely N-dealkylation sites (tertiary alicyclic amines) is 1. The molecule has 140 valence electrons. The van der Waals surface area contributed by atoms with E-state index in [0.29, 0.717) is 19.1 Å². The second-order valence-corrected chi connectivity index (χ2v) is 7.13. The van der Waals surface area contributed by atoms with Crippen molar-refractivity contribution >= 4 is 11.6 Å². The number of piperidine rings is 1. The van der Waals surface area contributed by atoms with Gasteiger partial charge in [-0.3, -0.25) is 9.69 Å². The van der Waals surface area contributed by atoms with Gasteiger partial charge in [0.1, 0.15) is 0 Å². The highest BCUT2D eigenvalue weighted by Crippen LogP contribution is 2.20. The molecule has 0 aromatic heterocycles. The molecule has 1 unspecified atom stereocenters. The predicted molar refractivity (Wildman–Crippen MR) is 100 cm³/mol. The third-order valence-corrected chi connectivity index (χ3v) is 5.00. The van der Waals surface area contributed by atoms with E-state index in [4.69, 9.17) is 4.74 Å². The molecule has 0 radical (unpaired) electrons. The van der Waals surface area contributed by atoms with Crippen molar-refractivity contribution in [3.8, 4) is 0 Å². The van der Waals surface area contributed by atoms with Crippen LogP contribution in [0.2, 0.25) is 0 Å². The molecule has 1 aliphatic heterocycles. The second kappa shape index (κ2) is 10.5. The van der Waals surface area contributed by atoms with Crippen LogP contribution in [-0.4, -0.2) is 49.3 Å². The van der Waals surface area contributed by atoms with Crippen LogP contribution in [-0.2, 0) is 16.1 Å². The molecule has 2 rings (SSSR count). The molecular weight excluding hydrogens is 316 g/mol. The molecule has 1 saturated heterocycles. The maximum Gasteiger partial charge on any atom is 0.227 e. The standard InChI is InChI=1S/C20H32N2O3/c1-16(5-4-12-25-2)20(24)21-19-7-3-6-18(13-19)14-22-10-8-17(15-23)9-11-22/h3,6-7,13,16-17,23H,4-5,8-12,14-15H2,1-2H3,(H,21,24). The van der Waals surface area contributed by atoms with Crippen molar-refractivity contribution in [2.45, 2.75) is 39.2 Å². The highest BCUT2D eigenvalue weighted by Gasteiger charge is 2.18. The Morgan fingerprint density at radius 2 is 2.16 bits per heavy atom. The van der Waals surface area contributed by atoms with Gasteiger partial charge in [0.15, 0.2) is 0 Å². The van der Waals surface area contributed by atoms with E-state index < -0.39 is 0 Å². The summed E-state index contributed by atoms with van der Waals surface area (Å²) in [5, 5.41) is 12.3. The Morgan fingerprint density at radius 1 is 1.40 bits per heavy atom. The monoisotopic (exact) mass is 348 g/mol. The SMILES string of the molecule is COCCCC(C)C(=O)Nc1cccc(CN2CCC(CO)CC2)c1. The molecule has 25 heavy (non-hydrogen) atoms. The number of aliphatic hydroxyl groups is 1. The number of hydrogen-bond donors (Lipinski definition) is 2. The summed E-state index contributed by atoms with van der Waals surface area (Å²) in [7, 11) is 1.68. The highest BCUT2D eigenvalue weighted by molar-refractivity contribution is 5.92. The normalized spacial score (nSPS) is 17.4. The van der Waals surface area contributed by atoms with Gasteiger partial charge in [0.05, 0.1) is 0 Å².